The smallest absolute Gasteiger partial charge is 0.354 e. The van der Waals surface area contributed by atoms with E-state index >= 15 is 0 Å². The molecule has 0 radical (unpaired) electrons. The van der Waals surface area contributed by atoms with Gasteiger partial charge in [-0.3, -0.25) is 14.0 Å². The first kappa shape index (κ1) is 21.8. The Balaban J connectivity index is 1.87. The fourth-order valence-corrected chi connectivity index (χ4v) is 4.85. The Bertz CT molecular complexity index is 1700. The molecule has 3 heterocycles. The van der Waals surface area contributed by atoms with Gasteiger partial charge in [0, 0.05) is 11.9 Å². The van der Waals surface area contributed by atoms with E-state index in [-0.39, 0.29) is 15.9 Å². The number of hydrogen-bond acceptors (Lipinski definition) is 7. The topological polar surface area (TPSA) is 99.5 Å². The molecule has 0 unspecified atom stereocenters. The lowest BCUT2D eigenvalue weighted by Gasteiger charge is -2.13. The number of rotatable bonds is 4. The number of aromatic nitrogens is 3. The van der Waals surface area contributed by atoms with Gasteiger partial charge >= 0.3 is 5.63 Å². The van der Waals surface area contributed by atoms with Crippen molar-refractivity contribution >= 4 is 33.8 Å². The molecule has 5 rings (SSSR count). The van der Waals surface area contributed by atoms with Gasteiger partial charge in [-0.15, -0.1) is 0 Å². The van der Waals surface area contributed by atoms with Crippen LogP contribution in [0.1, 0.15) is 5.69 Å². The Kier molecular flexibility index (Phi) is 5.17. The van der Waals surface area contributed by atoms with Crippen molar-refractivity contribution in [1.29, 1.82) is 0 Å². The third-order valence-corrected chi connectivity index (χ3v) is 6.51. The summed E-state index contributed by atoms with van der Waals surface area (Å²) in [6.45, 7) is 1.72. The van der Waals surface area contributed by atoms with Crippen molar-refractivity contribution in [1.82, 2.24) is 14.3 Å². The maximum Gasteiger partial charge on any atom is 0.354 e. The van der Waals surface area contributed by atoms with E-state index < -0.39 is 22.8 Å². The van der Waals surface area contributed by atoms with Gasteiger partial charge in [0.2, 0.25) is 0 Å². The number of fused-ring (bicyclic) bond motifs is 3. The lowest BCUT2D eigenvalue weighted by atomic mass is 10.1. The number of benzene rings is 2. The largest absolute Gasteiger partial charge is 0.505 e. The van der Waals surface area contributed by atoms with Crippen LogP contribution < -0.4 is 15.9 Å². The number of pyridine rings is 1. The molecule has 2 aromatic carbocycles. The summed E-state index contributed by atoms with van der Waals surface area (Å²) in [6, 6.07) is 12.4. The first-order valence-corrected chi connectivity index (χ1v) is 11.0. The van der Waals surface area contributed by atoms with Crippen LogP contribution in [0.5, 0.6) is 11.5 Å². The second-order valence-electron chi connectivity index (χ2n) is 7.58. The van der Waals surface area contributed by atoms with E-state index in [4.69, 9.17) is 9.15 Å². The highest BCUT2D eigenvalue weighted by molar-refractivity contribution is 7.99. The van der Waals surface area contributed by atoms with Crippen LogP contribution in [-0.2, 0) is 7.05 Å². The highest BCUT2D eigenvalue weighted by Crippen LogP contribution is 2.38. The van der Waals surface area contributed by atoms with Crippen LogP contribution in [-0.4, -0.2) is 26.6 Å². The SMILES string of the molecule is COc1ccc(-n2c(=O)c3c(O)c(Sc4cccc(F)c4)c(=O)oc3c3c(C)nn(C)c32)cc1. The third-order valence-electron chi connectivity index (χ3n) is 5.45. The predicted octanol–water partition coefficient (Wildman–Crippen LogP) is 4.14. The summed E-state index contributed by atoms with van der Waals surface area (Å²) in [7, 11) is 3.21. The molecule has 0 aliphatic carbocycles. The first-order valence-electron chi connectivity index (χ1n) is 10.2. The van der Waals surface area contributed by atoms with Crippen molar-refractivity contribution in [2.24, 2.45) is 7.05 Å². The maximum atomic E-state index is 13.7. The Hall–Kier alpha value is -4.05. The molecule has 0 atom stereocenters. The van der Waals surface area contributed by atoms with Crippen LogP contribution in [0, 0.1) is 12.7 Å². The van der Waals surface area contributed by atoms with Crippen LogP contribution in [0.2, 0.25) is 0 Å². The minimum atomic E-state index is -0.842. The lowest BCUT2D eigenvalue weighted by molar-refractivity contribution is 0.414. The van der Waals surface area contributed by atoms with E-state index in [9.17, 15) is 19.1 Å². The average molecular weight is 479 g/mol. The number of aromatic hydroxyl groups is 1. The van der Waals surface area contributed by atoms with Crippen LogP contribution >= 0.6 is 11.8 Å². The average Bonchev–Trinajstić information content (AvgIpc) is 3.10. The maximum absolute atomic E-state index is 13.7. The Labute approximate surface area is 195 Å². The zero-order valence-corrected chi connectivity index (χ0v) is 19.1. The molecule has 3 aromatic heterocycles. The second kappa shape index (κ2) is 8.07. The molecule has 8 nitrogen and oxygen atoms in total. The zero-order chi connectivity index (χ0) is 24.1. The standard InChI is InChI=1S/C24H18FN3O5S/c1-12-17-20-18(19(29)21(24(31)33-20)34-16-6-4-5-13(25)11-16)23(30)28(22(17)27(2)26-12)14-7-9-15(32-3)10-8-14/h4-11,29H,1-3H3. The highest BCUT2D eigenvalue weighted by Gasteiger charge is 2.26. The van der Waals surface area contributed by atoms with Crippen LogP contribution in [0.15, 0.2) is 72.3 Å². The summed E-state index contributed by atoms with van der Waals surface area (Å²) in [4.78, 5) is 26.8. The molecule has 0 bridgehead atoms. The Morgan fingerprint density at radius 1 is 1.12 bits per heavy atom. The third kappa shape index (κ3) is 3.34. The van der Waals surface area contributed by atoms with Gasteiger partial charge in [0.1, 0.15) is 27.5 Å². The Morgan fingerprint density at radius 2 is 1.85 bits per heavy atom. The molecule has 0 aliphatic rings. The number of aryl methyl sites for hydroxylation is 2. The lowest BCUT2D eigenvalue weighted by Crippen LogP contribution is -2.22. The van der Waals surface area contributed by atoms with Gasteiger partial charge in [0.15, 0.2) is 11.3 Å². The van der Waals surface area contributed by atoms with E-state index in [1.54, 1.807) is 44.3 Å². The van der Waals surface area contributed by atoms with Crippen LogP contribution in [0.3, 0.4) is 0 Å². The number of halogens is 1. The van der Waals surface area contributed by atoms with Crippen molar-refractivity contribution in [3.05, 3.63) is 80.8 Å². The molecular weight excluding hydrogens is 461 g/mol. The summed E-state index contributed by atoms with van der Waals surface area (Å²) in [5.41, 5.74) is -0.0818. The number of hydrogen-bond donors (Lipinski definition) is 1. The van der Waals surface area contributed by atoms with E-state index in [0.29, 0.717) is 33.1 Å². The zero-order valence-electron chi connectivity index (χ0n) is 18.3. The van der Waals surface area contributed by atoms with Crippen molar-refractivity contribution in [3.8, 4) is 17.2 Å². The van der Waals surface area contributed by atoms with Crippen molar-refractivity contribution < 1.29 is 18.7 Å². The van der Waals surface area contributed by atoms with Crippen molar-refractivity contribution in [3.63, 3.8) is 0 Å². The summed E-state index contributed by atoms with van der Waals surface area (Å²) in [6.07, 6.45) is 0. The predicted molar refractivity (Wildman–Crippen MR) is 126 cm³/mol. The molecule has 1 N–H and O–H groups in total. The normalized spacial score (nSPS) is 11.4. The number of ether oxygens (including phenoxy) is 1. The van der Waals surface area contributed by atoms with Gasteiger partial charge in [-0.1, -0.05) is 17.8 Å². The monoisotopic (exact) mass is 479 g/mol. The molecule has 0 spiro atoms. The number of nitrogens with zero attached hydrogens (tertiary/aromatic N) is 3. The summed E-state index contributed by atoms with van der Waals surface area (Å²) in [5, 5.41) is 15.8. The minimum Gasteiger partial charge on any atom is -0.505 e. The number of methoxy groups -OCH3 is 1. The van der Waals surface area contributed by atoms with Crippen LogP contribution in [0.25, 0.3) is 27.7 Å². The molecule has 0 amide bonds. The van der Waals surface area contributed by atoms with Crippen LogP contribution in [0.4, 0.5) is 4.39 Å². The van der Waals surface area contributed by atoms with E-state index in [2.05, 4.69) is 5.10 Å². The molecule has 10 heteroatoms. The molecular formula is C24H18FN3O5S. The molecule has 0 aliphatic heterocycles. The van der Waals surface area contributed by atoms with Crippen molar-refractivity contribution in [2.75, 3.05) is 7.11 Å². The fourth-order valence-electron chi connectivity index (χ4n) is 3.97. The highest BCUT2D eigenvalue weighted by atomic mass is 32.2. The van der Waals surface area contributed by atoms with Gasteiger partial charge in [0.05, 0.1) is 23.9 Å². The van der Waals surface area contributed by atoms with Gasteiger partial charge in [-0.2, -0.15) is 5.10 Å². The molecule has 34 heavy (non-hydrogen) atoms. The summed E-state index contributed by atoms with van der Waals surface area (Å²) in [5.74, 6) is -0.417. The molecule has 0 fully saturated rings. The quantitative estimate of drug-likeness (QED) is 0.414. The fraction of sp³-hybridized carbons (Fsp3) is 0.125. The van der Waals surface area contributed by atoms with E-state index in [0.717, 1.165) is 11.8 Å². The van der Waals surface area contributed by atoms with E-state index in [1.165, 1.54) is 34.6 Å². The Morgan fingerprint density at radius 3 is 2.53 bits per heavy atom. The minimum absolute atomic E-state index is 0.0542. The second-order valence-corrected chi connectivity index (χ2v) is 8.66. The van der Waals surface area contributed by atoms with E-state index in [1.807, 2.05) is 0 Å². The van der Waals surface area contributed by atoms with Gasteiger partial charge in [0.25, 0.3) is 5.56 Å². The molecule has 0 saturated heterocycles. The van der Waals surface area contributed by atoms with Gasteiger partial charge < -0.3 is 14.3 Å². The van der Waals surface area contributed by atoms with Crippen molar-refractivity contribution in [2.45, 2.75) is 16.7 Å². The van der Waals surface area contributed by atoms with Gasteiger partial charge in [-0.05, 0) is 49.4 Å². The summed E-state index contributed by atoms with van der Waals surface area (Å²) < 4.78 is 27.4. The van der Waals surface area contributed by atoms with Gasteiger partial charge in [-0.25, -0.2) is 9.18 Å². The summed E-state index contributed by atoms with van der Waals surface area (Å²) >= 11 is 0.818. The molecule has 5 aromatic rings. The first-order chi connectivity index (χ1) is 16.3. The molecule has 172 valence electrons. The molecule has 0 saturated carbocycles.